The zero-order valence-electron chi connectivity index (χ0n) is 14.8. The number of carbonyl (C=O) groups excluding carboxylic acids is 1. The maximum atomic E-state index is 12.4. The average molecular weight is 372 g/mol. The van der Waals surface area contributed by atoms with Crippen molar-refractivity contribution < 1.29 is 14.1 Å². The smallest absolute Gasteiger partial charge is 0.251 e. The number of amides is 1. The van der Waals surface area contributed by atoms with Crippen molar-refractivity contribution in [1.82, 2.24) is 20.4 Å². The highest BCUT2D eigenvalue weighted by Crippen LogP contribution is 2.20. The monoisotopic (exact) mass is 372 g/mol. The van der Waals surface area contributed by atoms with Crippen molar-refractivity contribution in [3.05, 3.63) is 90.4 Å². The van der Waals surface area contributed by atoms with Crippen molar-refractivity contribution in [2.24, 2.45) is 0 Å². The van der Waals surface area contributed by atoms with Crippen LogP contribution in [0, 0.1) is 0 Å². The van der Waals surface area contributed by atoms with Crippen molar-refractivity contribution in [2.45, 2.75) is 6.54 Å². The zero-order valence-corrected chi connectivity index (χ0v) is 14.8. The van der Waals surface area contributed by atoms with E-state index in [1.54, 1.807) is 42.6 Å². The van der Waals surface area contributed by atoms with E-state index >= 15 is 0 Å². The van der Waals surface area contributed by atoms with E-state index < -0.39 is 0 Å². The summed E-state index contributed by atoms with van der Waals surface area (Å²) in [5.41, 5.74) is 1.31. The fourth-order valence-corrected chi connectivity index (χ4v) is 2.52. The van der Waals surface area contributed by atoms with Gasteiger partial charge in [-0.25, -0.2) is 4.98 Å². The third kappa shape index (κ3) is 4.21. The van der Waals surface area contributed by atoms with E-state index in [4.69, 9.17) is 9.26 Å². The second-order valence-electron chi connectivity index (χ2n) is 5.86. The van der Waals surface area contributed by atoms with Gasteiger partial charge in [0.25, 0.3) is 5.91 Å². The lowest BCUT2D eigenvalue weighted by atomic mass is 10.2. The van der Waals surface area contributed by atoms with Gasteiger partial charge in [-0.3, -0.25) is 4.79 Å². The van der Waals surface area contributed by atoms with E-state index in [-0.39, 0.29) is 12.5 Å². The summed E-state index contributed by atoms with van der Waals surface area (Å²) in [6.07, 6.45) is 1.64. The number of hydrogen-bond acceptors (Lipinski definition) is 6. The van der Waals surface area contributed by atoms with Crippen LogP contribution in [0.3, 0.4) is 0 Å². The standard InChI is InChI=1S/C21H16N4O3/c26-21(16-9-6-10-17(13-16)27-18-11-4-5-12-22-18)23-14-19-24-20(25-28-19)15-7-2-1-3-8-15/h1-13H,14H2,(H,23,26). The number of benzene rings is 2. The normalized spacial score (nSPS) is 10.4. The average Bonchev–Trinajstić information content (AvgIpc) is 3.23. The van der Waals surface area contributed by atoms with Gasteiger partial charge in [-0.05, 0) is 24.3 Å². The van der Waals surface area contributed by atoms with Gasteiger partial charge in [0.05, 0.1) is 6.54 Å². The molecule has 2 aromatic heterocycles. The number of hydrogen-bond donors (Lipinski definition) is 1. The van der Waals surface area contributed by atoms with E-state index in [2.05, 4.69) is 20.4 Å². The topological polar surface area (TPSA) is 90.1 Å². The maximum Gasteiger partial charge on any atom is 0.251 e. The Kier molecular flexibility index (Phi) is 5.06. The Morgan fingerprint density at radius 3 is 2.68 bits per heavy atom. The molecule has 0 aliphatic heterocycles. The molecule has 28 heavy (non-hydrogen) atoms. The molecule has 0 saturated heterocycles. The molecule has 0 fully saturated rings. The SMILES string of the molecule is O=C(NCc1nc(-c2ccccc2)no1)c1cccc(Oc2ccccn2)c1. The molecular weight excluding hydrogens is 356 g/mol. The van der Waals surface area contributed by atoms with Crippen molar-refractivity contribution in [2.75, 3.05) is 0 Å². The molecule has 2 heterocycles. The fraction of sp³-hybridized carbons (Fsp3) is 0.0476. The largest absolute Gasteiger partial charge is 0.439 e. The maximum absolute atomic E-state index is 12.4. The van der Waals surface area contributed by atoms with Crippen LogP contribution in [-0.4, -0.2) is 21.0 Å². The van der Waals surface area contributed by atoms with E-state index in [0.29, 0.717) is 28.9 Å². The summed E-state index contributed by atoms with van der Waals surface area (Å²) in [5, 5.41) is 6.70. The first-order valence-corrected chi connectivity index (χ1v) is 8.63. The van der Waals surface area contributed by atoms with Crippen LogP contribution in [0.2, 0.25) is 0 Å². The molecule has 1 N–H and O–H groups in total. The zero-order chi connectivity index (χ0) is 19.2. The minimum atomic E-state index is -0.272. The summed E-state index contributed by atoms with van der Waals surface area (Å²) >= 11 is 0. The van der Waals surface area contributed by atoms with Crippen LogP contribution in [-0.2, 0) is 6.54 Å². The quantitative estimate of drug-likeness (QED) is 0.553. The molecule has 4 rings (SSSR count). The Morgan fingerprint density at radius 2 is 1.86 bits per heavy atom. The first-order valence-electron chi connectivity index (χ1n) is 8.63. The first kappa shape index (κ1) is 17.4. The number of nitrogens with zero attached hydrogens (tertiary/aromatic N) is 3. The molecule has 2 aromatic carbocycles. The Balaban J connectivity index is 1.39. The number of pyridine rings is 1. The molecule has 4 aromatic rings. The van der Waals surface area contributed by atoms with Crippen molar-refractivity contribution in [3.63, 3.8) is 0 Å². The lowest BCUT2D eigenvalue weighted by Crippen LogP contribution is -2.22. The van der Waals surface area contributed by atoms with Gasteiger partial charge in [-0.15, -0.1) is 0 Å². The molecule has 0 saturated carbocycles. The van der Waals surface area contributed by atoms with Crippen LogP contribution >= 0.6 is 0 Å². The van der Waals surface area contributed by atoms with Crippen molar-refractivity contribution in [1.29, 1.82) is 0 Å². The fourth-order valence-electron chi connectivity index (χ4n) is 2.52. The Hall–Kier alpha value is -4.00. The summed E-state index contributed by atoms with van der Waals surface area (Å²) < 4.78 is 10.9. The van der Waals surface area contributed by atoms with Gasteiger partial charge in [0.2, 0.25) is 17.6 Å². The summed E-state index contributed by atoms with van der Waals surface area (Å²) in [6.45, 7) is 0.129. The molecule has 0 radical (unpaired) electrons. The summed E-state index contributed by atoms with van der Waals surface area (Å²) in [6, 6.07) is 21.7. The van der Waals surface area contributed by atoms with Gasteiger partial charge in [0, 0.05) is 23.4 Å². The lowest BCUT2D eigenvalue weighted by molar-refractivity contribution is 0.0946. The van der Waals surface area contributed by atoms with Gasteiger partial charge in [0.1, 0.15) is 5.75 Å². The third-order valence-electron chi connectivity index (χ3n) is 3.86. The molecule has 0 aliphatic rings. The second kappa shape index (κ2) is 8.13. The molecule has 1 amide bonds. The van der Waals surface area contributed by atoms with E-state index in [0.717, 1.165) is 5.56 Å². The Morgan fingerprint density at radius 1 is 1.00 bits per heavy atom. The highest BCUT2D eigenvalue weighted by molar-refractivity contribution is 5.94. The van der Waals surface area contributed by atoms with E-state index in [9.17, 15) is 4.79 Å². The predicted octanol–water partition coefficient (Wildman–Crippen LogP) is 3.85. The predicted molar refractivity (Wildman–Crippen MR) is 102 cm³/mol. The molecule has 0 atom stereocenters. The molecule has 138 valence electrons. The summed E-state index contributed by atoms with van der Waals surface area (Å²) in [7, 11) is 0. The van der Waals surface area contributed by atoms with Gasteiger partial charge in [-0.1, -0.05) is 47.6 Å². The van der Waals surface area contributed by atoms with Crippen LogP contribution in [0.4, 0.5) is 0 Å². The second-order valence-corrected chi connectivity index (χ2v) is 5.86. The lowest BCUT2D eigenvalue weighted by Gasteiger charge is -2.07. The van der Waals surface area contributed by atoms with Crippen molar-refractivity contribution in [3.8, 4) is 23.0 Å². The van der Waals surface area contributed by atoms with E-state index in [1.165, 1.54) is 0 Å². The van der Waals surface area contributed by atoms with Crippen LogP contribution in [0.1, 0.15) is 16.2 Å². The Labute approximate surface area is 161 Å². The molecule has 0 aliphatic carbocycles. The summed E-state index contributed by atoms with van der Waals surface area (Å²) in [4.78, 5) is 20.8. The van der Waals surface area contributed by atoms with Gasteiger partial charge < -0.3 is 14.6 Å². The molecule has 0 unspecified atom stereocenters. The molecule has 0 bridgehead atoms. The van der Waals surface area contributed by atoms with Gasteiger partial charge >= 0.3 is 0 Å². The number of nitrogens with one attached hydrogen (secondary N) is 1. The van der Waals surface area contributed by atoms with Crippen molar-refractivity contribution >= 4 is 5.91 Å². The third-order valence-corrected chi connectivity index (χ3v) is 3.86. The molecular formula is C21H16N4O3. The minimum Gasteiger partial charge on any atom is -0.439 e. The van der Waals surface area contributed by atoms with Crippen LogP contribution in [0.5, 0.6) is 11.6 Å². The summed E-state index contributed by atoms with van der Waals surface area (Å²) in [5.74, 6) is 1.52. The van der Waals surface area contributed by atoms with Crippen LogP contribution < -0.4 is 10.1 Å². The highest BCUT2D eigenvalue weighted by Gasteiger charge is 2.11. The highest BCUT2D eigenvalue weighted by atomic mass is 16.5. The molecule has 7 heteroatoms. The van der Waals surface area contributed by atoms with Crippen LogP contribution in [0.15, 0.2) is 83.5 Å². The van der Waals surface area contributed by atoms with E-state index in [1.807, 2.05) is 36.4 Å². The van der Waals surface area contributed by atoms with Crippen LogP contribution in [0.25, 0.3) is 11.4 Å². The molecule has 0 spiro atoms. The number of ether oxygens (including phenoxy) is 1. The number of rotatable bonds is 6. The van der Waals surface area contributed by atoms with Gasteiger partial charge in [0.15, 0.2) is 0 Å². The Bertz CT molecular complexity index is 1070. The number of aromatic nitrogens is 3. The number of carbonyl (C=O) groups is 1. The minimum absolute atomic E-state index is 0.129. The molecule has 7 nitrogen and oxygen atoms in total. The first-order chi connectivity index (χ1) is 13.8. The van der Waals surface area contributed by atoms with Gasteiger partial charge in [-0.2, -0.15) is 4.98 Å².